The first-order valence-corrected chi connectivity index (χ1v) is 8.27. The van der Waals surface area contributed by atoms with E-state index in [4.69, 9.17) is 5.73 Å². The molecular formula is C18H30ClN3O. The number of hydrogen-bond acceptors (Lipinski definition) is 3. The number of amides is 1. The van der Waals surface area contributed by atoms with Gasteiger partial charge < -0.3 is 10.6 Å². The van der Waals surface area contributed by atoms with E-state index >= 15 is 0 Å². The van der Waals surface area contributed by atoms with Gasteiger partial charge in [-0.2, -0.15) is 0 Å². The van der Waals surface area contributed by atoms with Gasteiger partial charge in [-0.05, 0) is 44.7 Å². The number of carbonyl (C=O) groups is 1. The summed E-state index contributed by atoms with van der Waals surface area (Å²) < 4.78 is 0. The molecule has 0 saturated carbocycles. The number of piperidine rings is 1. The first-order chi connectivity index (χ1) is 10.5. The lowest BCUT2D eigenvalue weighted by Crippen LogP contribution is -2.46. The van der Waals surface area contributed by atoms with E-state index in [1.165, 1.54) is 12.0 Å². The van der Waals surface area contributed by atoms with Gasteiger partial charge in [0.25, 0.3) is 0 Å². The maximum Gasteiger partial charge on any atom is 0.236 e. The molecule has 2 rings (SSSR count). The van der Waals surface area contributed by atoms with Crippen molar-refractivity contribution in [2.45, 2.75) is 38.8 Å². The van der Waals surface area contributed by atoms with Gasteiger partial charge in [-0.3, -0.25) is 9.69 Å². The Kier molecular flexibility index (Phi) is 8.03. The molecule has 23 heavy (non-hydrogen) atoms. The number of likely N-dealkylation sites (tertiary alicyclic amines) is 1. The molecule has 3 atom stereocenters. The maximum absolute atomic E-state index is 12.6. The van der Waals surface area contributed by atoms with Crippen LogP contribution in [0.5, 0.6) is 0 Å². The van der Waals surface area contributed by atoms with Crippen LogP contribution in [-0.4, -0.2) is 48.4 Å². The van der Waals surface area contributed by atoms with Gasteiger partial charge in [0.2, 0.25) is 5.91 Å². The van der Waals surface area contributed by atoms with E-state index in [2.05, 4.69) is 30.9 Å². The third-order valence-corrected chi connectivity index (χ3v) is 4.90. The number of nitrogens with zero attached hydrogens (tertiary/aromatic N) is 2. The molecule has 0 bridgehead atoms. The van der Waals surface area contributed by atoms with Crippen LogP contribution < -0.4 is 5.73 Å². The summed E-state index contributed by atoms with van der Waals surface area (Å²) in [6.07, 6.45) is 2.32. The Morgan fingerprint density at radius 3 is 2.61 bits per heavy atom. The predicted octanol–water partition coefficient (Wildman–Crippen LogP) is 2.69. The zero-order valence-corrected chi connectivity index (χ0v) is 15.3. The van der Waals surface area contributed by atoms with Crippen molar-refractivity contribution in [3.8, 4) is 0 Å². The lowest BCUT2D eigenvalue weighted by Gasteiger charge is -2.35. The van der Waals surface area contributed by atoms with Crippen LogP contribution in [0.25, 0.3) is 0 Å². The van der Waals surface area contributed by atoms with E-state index in [1.54, 1.807) is 0 Å². The van der Waals surface area contributed by atoms with Gasteiger partial charge in [-0.15, -0.1) is 12.4 Å². The Balaban J connectivity index is 0.00000264. The molecule has 1 aromatic carbocycles. The van der Waals surface area contributed by atoms with Crippen molar-refractivity contribution >= 4 is 18.3 Å². The van der Waals surface area contributed by atoms with Gasteiger partial charge in [0.05, 0.1) is 12.6 Å². The largest absolute Gasteiger partial charge is 0.338 e. The van der Waals surface area contributed by atoms with E-state index in [0.29, 0.717) is 12.5 Å². The second-order valence-electron chi connectivity index (χ2n) is 6.59. The van der Waals surface area contributed by atoms with Crippen molar-refractivity contribution in [2.24, 2.45) is 11.7 Å². The zero-order chi connectivity index (χ0) is 16.1. The summed E-state index contributed by atoms with van der Waals surface area (Å²) in [5.74, 6) is 0.695. The van der Waals surface area contributed by atoms with Crippen molar-refractivity contribution in [1.82, 2.24) is 9.80 Å². The minimum atomic E-state index is 0. The van der Waals surface area contributed by atoms with Crippen molar-refractivity contribution in [3.05, 3.63) is 35.9 Å². The van der Waals surface area contributed by atoms with Crippen molar-refractivity contribution in [1.29, 1.82) is 0 Å². The molecule has 0 spiro atoms. The number of benzene rings is 1. The van der Waals surface area contributed by atoms with Gasteiger partial charge in [0.15, 0.2) is 0 Å². The Morgan fingerprint density at radius 2 is 2.00 bits per heavy atom. The highest BCUT2D eigenvalue weighted by Gasteiger charge is 2.26. The van der Waals surface area contributed by atoms with Crippen LogP contribution in [0.4, 0.5) is 0 Å². The lowest BCUT2D eigenvalue weighted by atomic mass is 9.92. The number of likely N-dealkylation sites (N-methyl/N-ethyl adjacent to an activating group) is 1. The molecule has 1 saturated heterocycles. The molecule has 1 fully saturated rings. The summed E-state index contributed by atoms with van der Waals surface area (Å²) in [5.41, 5.74) is 7.19. The highest BCUT2D eigenvalue weighted by Crippen LogP contribution is 2.21. The molecule has 5 heteroatoms. The van der Waals surface area contributed by atoms with Crippen molar-refractivity contribution in [3.63, 3.8) is 0 Å². The van der Waals surface area contributed by atoms with Crippen LogP contribution >= 0.6 is 12.4 Å². The normalized spacial score (nSPS) is 21.1. The standard InChI is InChI=1S/C18H29N3O.ClH/c1-14(19)17-10-7-11-21(12-17)13-18(22)20(3)15(2)16-8-5-4-6-9-16;/h4-6,8-9,14-15,17H,7,10-13,19H2,1-3H3;1H. The second-order valence-corrected chi connectivity index (χ2v) is 6.59. The second kappa shape index (κ2) is 9.26. The van der Waals surface area contributed by atoms with Crippen LogP contribution in [-0.2, 0) is 4.79 Å². The number of rotatable bonds is 5. The molecule has 1 amide bonds. The molecule has 1 heterocycles. The lowest BCUT2D eigenvalue weighted by molar-refractivity contribution is -0.133. The highest BCUT2D eigenvalue weighted by molar-refractivity contribution is 5.85. The number of halogens is 1. The first kappa shape index (κ1) is 19.9. The van der Waals surface area contributed by atoms with Crippen LogP contribution in [0.15, 0.2) is 30.3 Å². The van der Waals surface area contributed by atoms with E-state index in [1.807, 2.05) is 30.1 Å². The Morgan fingerprint density at radius 1 is 1.35 bits per heavy atom. The Hall–Kier alpha value is -1.10. The van der Waals surface area contributed by atoms with Crippen molar-refractivity contribution in [2.75, 3.05) is 26.7 Å². The van der Waals surface area contributed by atoms with Crippen LogP contribution in [0.3, 0.4) is 0 Å². The Labute approximate surface area is 146 Å². The molecule has 2 N–H and O–H groups in total. The van der Waals surface area contributed by atoms with Gasteiger partial charge in [0.1, 0.15) is 0 Å². The minimum absolute atomic E-state index is 0. The third kappa shape index (κ3) is 5.48. The van der Waals surface area contributed by atoms with E-state index in [9.17, 15) is 4.79 Å². The molecule has 1 aliphatic rings. The van der Waals surface area contributed by atoms with Crippen LogP contribution in [0, 0.1) is 5.92 Å². The van der Waals surface area contributed by atoms with Gasteiger partial charge >= 0.3 is 0 Å². The highest BCUT2D eigenvalue weighted by atomic mass is 35.5. The molecule has 4 nitrogen and oxygen atoms in total. The third-order valence-electron chi connectivity index (χ3n) is 4.90. The molecule has 1 aromatic rings. The molecule has 1 aliphatic heterocycles. The number of nitrogens with two attached hydrogens (primary N) is 1. The number of hydrogen-bond donors (Lipinski definition) is 1. The van der Waals surface area contributed by atoms with E-state index in [-0.39, 0.29) is 30.4 Å². The fourth-order valence-electron chi connectivity index (χ4n) is 3.14. The van der Waals surface area contributed by atoms with Crippen LogP contribution in [0.1, 0.15) is 38.3 Å². The summed E-state index contributed by atoms with van der Waals surface area (Å²) in [7, 11) is 1.90. The summed E-state index contributed by atoms with van der Waals surface area (Å²) in [6.45, 7) is 6.59. The first-order valence-electron chi connectivity index (χ1n) is 8.27. The average Bonchev–Trinajstić information content (AvgIpc) is 2.54. The van der Waals surface area contributed by atoms with Gasteiger partial charge in [-0.1, -0.05) is 30.3 Å². The smallest absolute Gasteiger partial charge is 0.236 e. The molecule has 0 radical (unpaired) electrons. The maximum atomic E-state index is 12.6. The molecule has 3 unspecified atom stereocenters. The topological polar surface area (TPSA) is 49.6 Å². The summed E-state index contributed by atoms with van der Waals surface area (Å²) in [6, 6.07) is 10.5. The molecular weight excluding hydrogens is 310 g/mol. The fourth-order valence-corrected chi connectivity index (χ4v) is 3.14. The molecule has 0 aliphatic carbocycles. The monoisotopic (exact) mass is 339 g/mol. The summed E-state index contributed by atoms with van der Waals surface area (Å²) >= 11 is 0. The van der Waals surface area contributed by atoms with Gasteiger partial charge in [-0.25, -0.2) is 0 Å². The predicted molar refractivity (Wildman–Crippen MR) is 97.7 cm³/mol. The van der Waals surface area contributed by atoms with E-state index in [0.717, 1.165) is 19.5 Å². The SMILES string of the molecule is CC(N)C1CCCN(CC(=O)N(C)C(C)c2ccccc2)C1.Cl. The number of carbonyl (C=O) groups excluding carboxylic acids is 1. The van der Waals surface area contributed by atoms with Gasteiger partial charge in [0, 0.05) is 19.6 Å². The van der Waals surface area contributed by atoms with E-state index < -0.39 is 0 Å². The fraction of sp³-hybridized carbons (Fsp3) is 0.611. The van der Waals surface area contributed by atoms with Crippen LogP contribution in [0.2, 0.25) is 0 Å². The quantitative estimate of drug-likeness (QED) is 0.897. The molecule has 130 valence electrons. The van der Waals surface area contributed by atoms with Crippen molar-refractivity contribution < 1.29 is 4.79 Å². The minimum Gasteiger partial charge on any atom is -0.338 e. The zero-order valence-electron chi connectivity index (χ0n) is 14.4. The average molecular weight is 340 g/mol. The summed E-state index contributed by atoms with van der Waals surface area (Å²) in [5, 5.41) is 0. The molecule has 0 aromatic heterocycles. The Bertz CT molecular complexity index is 480. The summed E-state index contributed by atoms with van der Waals surface area (Å²) in [4.78, 5) is 16.7.